The summed E-state index contributed by atoms with van der Waals surface area (Å²) in [5.74, 6) is 0.852. The number of rotatable bonds is 6. The first kappa shape index (κ1) is 13.5. The normalized spacial score (nSPS) is 12.6. The van der Waals surface area contributed by atoms with Crippen LogP contribution in [-0.2, 0) is 11.3 Å². The van der Waals surface area contributed by atoms with E-state index in [1.165, 1.54) is 0 Å². The predicted octanol–water partition coefficient (Wildman–Crippen LogP) is 2.92. The number of methoxy groups -OCH3 is 1. The third-order valence-corrected chi connectivity index (χ3v) is 4.05. The molecular weight excluding hydrogens is 316 g/mol. The summed E-state index contributed by atoms with van der Waals surface area (Å²) in [6.07, 6.45) is 3.75. The molecule has 1 N–H and O–H groups in total. The number of nitrogens with zero attached hydrogens (tertiary/aromatic N) is 3. The molecule has 0 aliphatic rings. The van der Waals surface area contributed by atoms with Crippen molar-refractivity contribution >= 4 is 33.1 Å². The second-order valence-corrected chi connectivity index (χ2v) is 6.27. The topological polar surface area (TPSA) is 52.0 Å². The average Bonchev–Trinajstić information content (AvgIpc) is 2.96. The van der Waals surface area contributed by atoms with Gasteiger partial charge in [-0.2, -0.15) is 5.10 Å². The minimum absolute atomic E-state index is 0.145. The maximum atomic E-state index is 5.01. The highest BCUT2D eigenvalue weighted by atomic mass is 79.9. The Bertz CT molecular complexity index is 499. The quantitative estimate of drug-likeness (QED) is 0.884. The minimum Gasteiger partial charge on any atom is -0.383 e. The van der Waals surface area contributed by atoms with Crippen LogP contribution in [0.5, 0.6) is 0 Å². The number of hydrogen-bond donors (Lipinski definition) is 1. The van der Waals surface area contributed by atoms with Crippen LogP contribution in [0.4, 0.5) is 5.82 Å². The zero-order valence-electron chi connectivity index (χ0n) is 10.3. The first-order valence-electron chi connectivity index (χ1n) is 5.59. The molecule has 0 aromatic carbocycles. The van der Waals surface area contributed by atoms with E-state index < -0.39 is 0 Å². The first-order valence-corrected chi connectivity index (χ1v) is 7.20. The van der Waals surface area contributed by atoms with Gasteiger partial charge in [0.25, 0.3) is 0 Å². The van der Waals surface area contributed by atoms with Gasteiger partial charge >= 0.3 is 0 Å². The molecule has 2 rings (SSSR count). The van der Waals surface area contributed by atoms with Crippen LogP contribution < -0.4 is 5.32 Å². The maximum absolute atomic E-state index is 5.01. The predicted molar refractivity (Wildman–Crippen MR) is 76.0 cm³/mol. The highest BCUT2D eigenvalue weighted by Crippen LogP contribution is 2.26. The Balaban J connectivity index is 1.94. The van der Waals surface area contributed by atoms with Gasteiger partial charge in [-0.25, -0.2) is 4.98 Å². The number of nitrogens with one attached hydrogen (secondary N) is 1. The fourth-order valence-corrected chi connectivity index (χ4v) is 2.74. The summed E-state index contributed by atoms with van der Waals surface area (Å²) in [7, 11) is 1.69. The van der Waals surface area contributed by atoms with Crippen LogP contribution in [0.25, 0.3) is 0 Å². The molecule has 7 heteroatoms. The van der Waals surface area contributed by atoms with E-state index in [4.69, 9.17) is 4.74 Å². The zero-order valence-corrected chi connectivity index (χ0v) is 12.7. The molecular formula is C11H15BrN4OS. The van der Waals surface area contributed by atoms with E-state index in [0.29, 0.717) is 6.61 Å². The number of halogens is 1. The van der Waals surface area contributed by atoms with Gasteiger partial charge in [-0.1, -0.05) is 0 Å². The van der Waals surface area contributed by atoms with Crippen molar-refractivity contribution in [2.24, 2.45) is 0 Å². The Morgan fingerprint density at radius 2 is 2.44 bits per heavy atom. The van der Waals surface area contributed by atoms with E-state index in [9.17, 15) is 0 Å². The lowest BCUT2D eigenvalue weighted by atomic mass is 10.3. The van der Waals surface area contributed by atoms with Gasteiger partial charge in [0.2, 0.25) is 0 Å². The molecule has 18 heavy (non-hydrogen) atoms. The zero-order chi connectivity index (χ0) is 13.0. The first-order chi connectivity index (χ1) is 8.69. The number of hydrogen-bond acceptors (Lipinski definition) is 5. The van der Waals surface area contributed by atoms with Crippen LogP contribution in [0.3, 0.4) is 0 Å². The van der Waals surface area contributed by atoms with Gasteiger partial charge in [-0.3, -0.25) is 4.68 Å². The monoisotopic (exact) mass is 330 g/mol. The molecule has 5 nitrogen and oxygen atoms in total. The van der Waals surface area contributed by atoms with Gasteiger partial charge < -0.3 is 10.1 Å². The van der Waals surface area contributed by atoms with E-state index in [0.717, 1.165) is 21.2 Å². The van der Waals surface area contributed by atoms with Crippen molar-refractivity contribution in [3.05, 3.63) is 27.3 Å². The van der Waals surface area contributed by atoms with Crippen molar-refractivity contribution in [3.63, 3.8) is 0 Å². The number of aromatic nitrogens is 3. The average molecular weight is 331 g/mol. The van der Waals surface area contributed by atoms with E-state index in [1.54, 1.807) is 18.4 Å². The second kappa shape index (κ2) is 6.31. The van der Waals surface area contributed by atoms with Gasteiger partial charge in [-0.15, -0.1) is 11.3 Å². The summed E-state index contributed by atoms with van der Waals surface area (Å²) in [6, 6.07) is 2.10. The molecule has 0 saturated heterocycles. The second-order valence-electron chi connectivity index (χ2n) is 3.83. The number of thiazole rings is 1. The summed E-state index contributed by atoms with van der Waals surface area (Å²) < 4.78 is 7.91. The lowest BCUT2D eigenvalue weighted by molar-refractivity contribution is 0.183. The molecule has 0 radical (unpaired) electrons. The fraction of sp³-hybridized carbons (Fsp3) is 0.455. The van der Waals surface area contributed by atoms with Crippen LogP contribution >= 0.6 is 27.3 Å². The Hall–Kier alpha value is -0.920. The Labute approximate surface area is 118 Å². The van der Waals surface area contributed by atoms with Crippen molar-refractivity contribution in [1.29, 1.82) is 0 Å². The smallest absolute Gasteiger partial charge is 0.148 e. The number of anilines is 1. The molecule has 0 bridgehead atoms. The molecule has 2 aromatic rings. The van der Waals surface area contributed by atoms with Crippen molar-refractivity contribution in [2.75, 3.05) is 19.0 Å². The SMILES string of the molecule is COCCn1ccc(NC(C)c2ncc(Br)s2)n1. The highest BCUT2D eigenvalue weighted by Gasteiger charge is 2.10. The largest absolute Gasteiger partial charge is 0.383 e. The molecule has 1 unspecified atom stereocenters. The van der Waals surface area contributed by atoms with Crippen molar-refractivity contribution in [2.45, 2.75) is 19.5 Å². The number of ether oxygens (including phenoxy) is 1. The Kier molecular flexibility index (Phi) is 4.73. The third-order valence-electron chi connectivity index (χ3n) is 2.40. The van der Waals surface area contributed by atoms with Crippen LogP contribution in [0.1, 0.15) is 18.0 Å². The fourth-order valence-electron chi connectivity index (χ4n) is 1.50. The molecule has 0 aliphatic heterocycles. The summed E-state index contributed by atoms with van der Waals surface area (Å²) in [4.78, 5) is 4.32. The summed E-state index contributed by atoms with van der Waals surface area (Å²) in [5, 5.41) is 8.77. The Morgan fingerprint density at radius 3 is 3.11 bits per heavy atom. The van der Waals surface area contributed by atoms with Crippen LogP contribution in [-0.4, -0.2) is 28.5 Å². The van der Waals surface area contributed by atoms with E-state index in [1.807, 2.05) is 23.1 Å². The van der Waals surface area contributed by atoms with Crippen molar-refractivity contribution in [1.82, 2.24) is 14.8 Å². The standard InChI is InChI=1S/C11H15BrN4OS/c1-8(11-13-7-9(12)18-11)14-10-3-4-16(15-10)5-6-17-2/h3-4,7-8H,5-6H2,1-2H3,(H,14,15). The molecule has 1 atom stereocenters. The van der Waals surface area contributed by atoms with E-state index >= 15 is 0 Å². The van der Waals surface area contributed by atoms with Crippen LogP contribution in [0.2, 0.25) is 0 Å². The van der Waals surface area contributed by atoms with Crippen LogP contribution in [0.15, 0.2) is 22.2 Å². The molecule has 2 aromatic heterocycles. The lowest BCUT2D eigenvalue weighted by Crippen LogP contribution is -2.08. The van der Waals surface area contributed by atoms with Gasteiger partial charge in [0.05, 0.1) is 29.2 Å². The van der Waals surface area contributed by atoms with Crippen molar-refractivity contribution in [3.8, 4) is 0 Å². The molecule has 0 saturated carbocycles. The molecule has 2 heterocycles. The van der Waals surface area contributed by atoms with E-state index in [2.05, 4.69) is 38.3 Å². The summed E-state index contributed by atoms with van der Waals surface area (Å²) in [6.45, 7) is 3.49. The third kappa shape index (κ3) is 3.54. The molecule has 0 amide bonds. The molecule has 0 aliphatic carbocycles. The van der Waals surface area contributed by atoms with Gasteiger partial charge in [0.1, 0.15) is 10.8 Å². The van der Waals surface area contributed by atoms with Crippen LogP contribution in [0, 0.1) is 0 Å². The highest BCUT2D eigenvalue weighted by molar-refractivity contribution is 9.11. The molecule has 0 fully saturated rings. The van der Waals surface area contributed by atoms with E-state index in [-0.39, 0.29) is 6.04 Å². The van der Waals surface area contributed by atoms with Gasteiger partial charge in [0.15, 0.2) is 0 Å². The van der Waals surface area contributed by atoms with Gasteiger partial charge in [0, 0.05) is 19.4 Å². The van der Waals surface area contributed by atoms with Crippen molar-refractivity contribution < 1.29 is 4.74 Å². The molecule has 98 valence electrons. The summed E-state index contributed by atoms with van der Waals surface area (Å²) in [5.41, 5.74) is 0. The van der Waals surface area contributed by atoms with Gasteiger partial charge in [-0.05, 0) is 22.9 Å². The Morgan fingerprint density at radius 1 is 1.61 bits per heavy atom. The lowest BCUT2D eigenvalue weighted by Gasteiger charge is -2.09. The maximum Gasteiger partial charge on any atom is 0.148 e. The molecule has 0 spiro atoms. The summed E-state index contributed by atoms with van der Waals surface area (Å²) >= 11 is 5.04. The minimum atomic E-state index is 0.145.